The highest BCUT2D eigenvalue weighted by Gasteiger charge is 2.24. The molecule has 66 valence electrons. The van der Waals surface area contributed by atoms with E-state index in [1.165, 1.54) is 0 Å². The number of hydrogen-bond acceptors (Lipinski definition) is 3. The summed E-state index contributed by atoms with van der Waals surface area (Å²) in [5.41, 5.74) is 5.27. The van der Waals surface area contributed by atoms with Crippen LogP contribution < -0.4 is 5.73 Å². The number of alkyl halides is 1. The maximum Gasteiger partial charge on any atom is 0.342 e. The normalized spacial score (nSPS) is 15.6. The lowest BCUT2D eigenvalue weighted by atomic mass is 10.1. The van der Waals surface area contributed by atoms with Gasteiger partial charge in [0.15, 0.2) is 0 Å². The summed E-state index contributed by atoms with van der Waals surface area (Å²) in [6.07, 6.45) is -1.25. The van der Waals surface area contributed by atoms with Gasteiger partial charge in [0.05, 0.1) is 6.61 Å². The van der Waals surface area contributed by atoms with Crippen LogP contribution in [0.1, 0.15) is 20.3 Å². The summed E-state index contributed by atoms with van der Waals surface area (Å²) in [4.78, 5) is 10.7. The van der Waals surface area contributed by atoms with E-state index >= 15 is 0 Å². The summed E-state index contributed by atoms with van der Waals surface area (Å²) in [5, 5.41) is 0. The molecule has 0 amide bonds. The first-order valence-corrected chi connectivity index (χ1v) is 3.69. The van der Waals surface area contributed by atoms with E-state index in [2.05, 4.69) is 4.74 Å². The zero-order valence-electron chi connectivity index (χ0n) is 6.84. The maximum absolute atomic E-state index is 12.8. The van der Waals surface area contributed by atoms with Gasteiger partial charge in [0.1, 0.15) is 0 Å². The second kappa shape index (κ2) is 5.07. The smallest absolute Gasteiger partial charge is 0.342 e. The summed E-state index contributed by atoms with van der Waals surface area (Å²) in [6.45, 7) is 3.54. The van der Waals surface area contributed by atoms with Crippen LogP contribution in [0.4, 0.5) is 4.39 Å². The van der Waals surface area contributed by atoms with Gasteiger partial charge in [0, 0.05) is 6.04 Å². The van der Waals surface area contributed by atoms with Crippen molar-refractivity contribution < 1.29 is 13.9 Å². The Morgan fingerprint density at radius 1 is 1.64 bits per heavy atom. The largest absolute Gasteiger partial charge is 0.464 e. The van der Waals surface area contributed by atoms with Gasteiger partial charge in [-0.3, -0.25) is 0 Å². The third-order valence-corrected chi connectivity index (χ3v) is 1.36. The SMILES string of the molecule is CCOC(=O)C(F)C(N)CC. The van der Waals surface area contributed by atoms with Crippen LogP contribution >= 0.6 is 0 Å². The zero-order chi connectivity index (χ0) is 8.85. The van der Waals surface area contributed by atoms with Crippen molar-refractivity contribution in [1.82, 2.24) is 0 Å². The molecule has 0 spiro atoms. The molecule has 3 nitrogen and oxygen atoms in total. The minimum Gasteiger partial charge on any atom is -0.464 e. The third-order valence-electron chi connectivity index (χ3n) is 1.36. The monoisotopic (exact) mass is 163 g/mol. The molecule has 0 aliphatic rings. The Balaban J connectivity index is 3.80. The summed E-state index contributed by atoms with van der Waals surface area (Å²) >= 11 is 0. The molecule has 4 heteroatoms. The fourth-order valence-corrected chi connectivity index (χ4v) is 0.604. The van der Waals surface area contributed by atoms with Crippen LogP contribution in [-0.4, -0.2) is 24.8 Å². The first-order valence-electron chi connectivity index (χ1n) is 3.69. The Morgan fingerprint density at radius 2 is 2.18 bits per heavy atom. The molecule has 2 unspecified atom stereocenters. The van der Waals surface area contributed by atoms with E-state index < -0.39 is 18.2 Å². The molecule has 0 heterocycles. The number of hydrogen-bond donors (Lipinski definition) is 1. The van der Waals surface area contributed by atoms with Crippen LogP contribution in [-0.2, 0) is 9.53 Å². The third kappa shape index (κ3) is 3.32. The van der Waals surface area contributed by atoms with Gasteiger partial charge in [-0.2, -0.15) is 0 Å². The maximum atomic E-state index is 12.8. The van der Waals surface area contributed by atoms with Gasteiger partial charge in [-0.1, -0.05) is 6.92 Å². The number of carbonyl (C=O) groups is 1. The molecule has 0 fully saturated rings. The minimum absolute atomic E-state index is 0.190. The van der Waals surface area contributed by atoms with Crippen molar-refractivity contribution in [3.05, 3.63) is 0 Å². The molecular formula is C7H14FNO2. The molecule has 0 bridgehead atoms. The average Bonchev–Trinajstić information content (AvgIpc) is 2.02. The summed E-state index contributed by atoms with van der Waals surface area (Å²) < 4.78 is 17.2. The number of halogens is 1. The molecular weight excluding hydrogens is 149 g/mol. The van der Waals surface area contributed by atoms with Crippen LogP contribution in [0.15, 0.2) is 0 Å². The van der Waals surface area contributed by atoms with E-state index in [1.807, 2.05) is 0 Å². The molecule has 0 rings (SSSR count). The number of rotatable bonds is 4. The van der Waals surface area contributed by atoms with E-state index in [0.717, 1.165) is 0 Å². The second-order valence-electron chi connectivity index (χ2n) is 2.23. The molecule has 0 aromatic heterocycles. The summed E-state index contributed by atoms with van der Waals surface area (Å²) in [7, 11) is 0. The Bertz CT molecular complexity index is 130. The van der Waals surface area contributed by atoms with E-state index in [4.69, 9.17) is 5.73 Å². The number of ether oxygens (including phenoxy) is 1. The summed E-state index contributed by atoms with van der Waals surface area (Å²) in [6, 6.07) is -0.742. The van der Waals surface area contributed by atoms with Gasteiger partial charge < -0.3 is 10.5 Å². The van der Waals surface area contributed by atoms with Gasteiger partial charge in [-0.25, -0.2) is 9.18 Å². The van der Waals surface area contributed by atoms with Crippen LogP contribution in [0, 0.1) is 0 Å². The van der Waals surface area contributed by atoms with E-state index in [1.54, 1.807) is 13.8 Å². The minimum atomic E-state index is -1.68. The van der Waals surface area contributed by atoms with Gasteiger partial charge in [0.25, 0.3) is 0 Å². The van der Waals surface area contributed by atoms with Gasteiger partial charge in [0.2, 0.25) is 6.17 Å². The van der Waals surface area contributed by atoms with Crippen molar-refractivity contribution in [2.75, 3.05) is 6.61 Å². The second-order valence-corrected chi connectivity index (χ2v) is 2.23. The van der Waals surface area contributed by atoms with Crippen LogP contribution in [0.5, 0.6) is 0 Å². The van der Waals surface area contributed by atoms with Crippen LogP contribution in [0.25, 0.3) is 0 Å². The van der Waals surface area contributed by atoms with Crippen molar-refractivity contribution >= 4 is 5.97 Å². The molecule has 0 aromatic rings. The molecule has 0 radical (unpaired) electrons. The number of carbonyl (C=O) groups excluding carboxylic acids is 1. The molecule has 0 aliphatic carbocycles. The van der Waals surface area contributed by atoms with Crippen molar-refractivity contribution in [1.29, 1.82) is 0 Å². The molecule has 2 atom stereocenters. The highest BCUT2D eigenvalue weighted by Crippen LogP contribution is 2.02. The van der Waals surface area contributed by atoms with Gasteiger partial charge >= 0.3 is 5.97 Å². The predicted octanol–water partition coefficient (Wildman–Crippen LogP) is 0.625. The Hall–Kier alpha value is -0.640. The lowest BCUT2D eigenvalue weighted by molar-refractivity contribution is -0.149. The average molecular weight is 163 g/mol. The first-order chi connectivity index (χ1) is 5.13. The Kier molecular flexibility index (Phi) is 4.77. The molecule has 0 aromatic carbocycles. The van der Waals surface area contributed by atoms with Crippen molar-refractivity contribution in [3.63, 3.8) is 0 Å². The van der Waals surface area contributed by atoms with E-state index in [9.17, 15) is 9.18 Å². The predicted molar refractivity (Wildman–Crippen MR) is 39.8 cm³/mol. The molecule has 11 heavy (non-hydrogen) atoms. The standard InChI is InChI=1S/C7H14FNO2/c1-3-5(9)6(8)7(10)11-4-2/h5-6H,3-4,9H2,1-2H3. The van der Waals surface area contributed by atoms with Crippen molar-refractivity contribution in [2.45, 2.75) is 32.5 Å². The van der Waals surface area contributed by atoms with Gasteiger partial charge in [-0.15, -0.1) is 0 Å². The highest BCUT2D eigenvalue weighted by atomic mass is 19.1. The number of nitrogens with two attached hydrogens (primary N) is 1. The van der Waals surface area contributed by atoms with E-state index in [0.29, 0.717) is 6.42 Å². The van der Waals surface area contributed by atoms with Crippen molar-refractivity contribution in [3.8, 4) is 0 Å². The summed E-state index contributed by atoms with van der Waals surface area (Å²) in [5.74, 6) is -0.859. The quantitative estimate of drug-likeness (QED) is 0.618. The van der Waals surface area contributed by atoms with E-state index in [-0.39, 0.29) is 6.61 Å². The fourth-order valence-electron chi connectivity index (χ4n) is 0.604. The lowest BCUT2D eigenvalue weighted by Gasteiger charge is -2.12. The molecule has 0 saturated heterocycles. The van der Waals surface area contributed by atoms with Crippen LogP contribution in [0.2, 0.25) is 0 Å². The number of esters is 1. The Labute approximate surface area is 65.7 Å². The van der Waals surface area contributed by atoms with Crippen LogP contribution in [0.3, 0.4) is 0 Å². The first kappa shape index (κ1) is 10.4. The fraction of sp³-hybridized carbons (Fsp3) is 0.857. The molecule has 0 aliphatic heterocycles. The highest BCUT2D eigenvalue weighted by molar-refractivity contribution is 5.75. The lowest BCUT2D eigenvalue weighted by Crippen LogP contribution is -2.37. The zero-order valence-corrected chi connectivity index (χ0v) is 6.84. The Morgan fingerprint density at radius 3 is 2.55 bits per heavy atom. The topological polar surface area (TPSA) is 52.3 Å². The molecule has 2 N–H and O–H groups in total. The van der Waals surface area contributed by atoms with Crippen molar-refractivity contribution in [2.24, 2.45) is 5.73 Å². The van der Waals surface area contributed by atoms with Gasteiger partial charge in [-0.05, 0) is 13.3 Å². The molecule has 0 saturated carbocycles.